The number of terminal acetylenes is 1. The Hall–Kier alpha value is -2.03. The normalized spacial score (nSPS) is 15.5. The Labute approximate surface area is 125 Å². The molecule has 1 amide bonds. The molecule has 0 spiro atoms. The number of piperazine rings is 1. The maximum absolute atomic E-state index is 12.1. The van der Waals surface area contributed by atoms with E-state index in [4.69, 9.17) is 11.2 Å². The largest absolute Gasteiger partial charge is 0.483 e. The minimum atomic E-state index is -0.102. The Kier molecular flexibility index (Phi) is 5.61. The fraction of sp³-hybridized carbons (Fsp3) is 0.438. The van der Waals surface area contributed by atoms with Gasteiger partial charge < -0.3 is 14.7 Å². The number of para-hydroxylation sites is 1. The van der Waals surface area contributed by atoms with Crippen molar-refractivity contribution in [2.45, 2.75) is 6.61 Å². The molecule has 0 unspecified atom stereocenters. The Balaban J connectivity index is 1.82. The second-order valence-corrected chi connectivity index (χ2v) is 4.92. The van der Waals surface area contributed by atoms with Gasteiger partial charge in [-0.2, -0.15) is 0 Å². The predicted molar refractivity (Wildman–Crippen MR) is 79.7 cm³/mol. The zero-order chi connectivity index (χ0) is 15.1. The molecule has 0 saturated carbocycles. The van der Waals surface area contributed by atoms with Crippen LogP contribution in [0, 0.1) is 12.3 Å². The number of hydrogen-bond donors (Lipinski definition) is 1. The molecule has 1 aromatic carbocycles. The third-order valence-corrected chi connectivity index (χ3v) is 3.53. The zero-order valence-electron chi connectivity index (χ0n) is 12.0. The Morgan fingerprint density at radius 1 is 1.29 bits per heavy atom. The van der Waals surface area contributed by atoms with Gasteiger partial charge in [-0.3, -0.25) is 9.69 Å². The van der Waals surface area contributed by atoms with E-state index >= 15 is 0 Å². The molecule has 0 atom stereocenters. The average molecular weight is 288 g/mol. The topological polar surface area (TPSA) is 53.0 Å². The highest BCUT2D eigenvalue weighted by Crippen LogP contribution is 2.17. The Morgan fingerprint density at radius 2 is 2.00 bits per heavy atom. The summed E-state index contributed by atoms with van der Waals surface area (Å²) in [5.41, 5.74) is 0.684. The molecule has 0 bridgehead atoms. The van der Waals surface area contributed by atoms with Crippen LogP contribution in [0.15, 0.2) is 24.3 Å². The Bertz CT molecular complexity index is 516. The maximum Gasteiger partial charge on any atom is 0.260 e. The number of ether oxygens (including phenoxy) is 1. The van der Waals surface area contributed by atoms with Crippen LogP contribution in [0.25, 0.3) is 0 Å². The first-order valence-electron chi connectivity index (χ1n) is 6.99. The van der Waals surface area contributed by atoms with Crippen LogP contribution < -0.4 is 4.74 Å². The van der Waals surface area contributed by atoms with Gasteiger partial charge in [-0.15, -0.1) is 6.42 Å². The van der Waals surface area contributed by atoms with Gasteiger partial charge in [-0.1, -0.05) is 24.1 Å². The molecule has 0 radical (unpaired) electrons. The van der Waals surface area contributed by atoms with Crippen molar-refractivity contribution < 1.29 is 14.6 Å². The van der Waals surface area contributed by atoms with Gasteiger partial charge in [-0.05, 0) is 6.07 Å². The minimum absolute atomic E-state index is 0.00779. The van der Waals surface area contributed by atoms with Gasteiger partial charge in [-0.25, -0.2) is 0 Å². The van der Waals surface area contributed by atoms with E-state index in [1.807, 2.05) is 12.1 Å². The van der Waals surface area contributed by atoms with Crippen LogP contribution >= 0.6 is 0 Å². The highest BCUT2D eigenvalue weighted by molar-refractivity contribution is 5.78. The molecule has 1 aliphatic heterocycles. The second-order valence-electron chi connectivity index (χ2n) is 4.92. The summed E-state index contributed by atoms with van der Waals surface area (Å²) >= 11 is 0. The predicted octanol–water partition coefficient (Wildman–Crippen LogP) is 0.335. The van der Waals surface area contributed by atoms with Gasteiger partial charge in [0.1, 0.15) is 5.75 Å². The number of aliphatic hydroxyl groups is 1. The number of carbonyl (C=O) groups excluding carboxylic acids is 1. The molecule has 1 saturated heterocycles. The van der Waals surface area contributed by atoms with Crippen molar-refractivity contribution in [3.05, 3.63) is 29.8 Å². The molecule has 1 N–H and O–H groups in total. The van der Waals surface area contributed by atoms with Gasteiger partial charge in [0, 0.05) is 31.7 Å². The smallest absolute Gasteiger partial charge is 0.260 e. The number of rotatable bonds is 5. The van der Waals surface area contributed by atoms with Gasteiger partial charge in [0.25, 0.3) is 5.91 Å². The molecule has 0 aromatic heterocycles. The number of hydrogen-bond acceptors (Lipinski definition) is 4. The zero-order valence-corrected chi connectivity index (χ0v) is 12.0. The van der Waals surface area contributed by atoms with Crippen molar-refractivity contribution >= 4 is 5.91 Å². The summed E-state index contributed by atoms with van der Waals surface area (Å²) in [6.45, 7) is 3.45. The second kappa shape index (κ2) is 7.67. The van der Waals surface area contributed by atoms with Crippen molar-refractivity contribution in [1.82, 2.24) is 9.80 Å². The summed E-state index contributed by atoms with van der Waals surface area (Å²) in [6, 6.07) is 7.17. The molecule has 2 rings (SSSR count). The van der Waals surface area contributed by atoms with Crippen LogP contribution in [0.4, 0.5) is 0 Å². The van der Waals surface area contributed by atoms with Crippen molar-refractivity contribution in [3.63, 3.8) is 0 Å². The van der Waals surface area contributed by atoms with E-state index < -0.39 is 0 Å². The summed E-state index contributed by atoms with van der Waals surface area (Å²) in [7, 11) is 0. The number of benzene rings is 1. The third-order valence-electron chi connectivity index (χ3n) is 3.53. The summed E-state index contributed by atoms with van der Waals surface area (Å²) in [5.74, 6) is 3.13. The van der Waals surface area contributed by atoms with Gasteiger partial charge in [0.05, 0.1) is 13.2 Å². The van der Waals surface area contributed by atoms with E-state index in [0.717, 1.165) is 13.1 Å². The van der Waals surface area contributed by atoms with Crippen LogP contribution in [-0.2, 0) is 11.4 Å². The van der Waals surface area contributed by atoms with Gasteiger partial charge >= 0.3 is 0 Å². The highest BCUT2D eigenvalue weighted by atomic mass is 16.5. The summed E-state index contributed by atoms with van der Waals surface area (Å²) in [5, 5.41) is 9.22. The van der Waals surface area contributed by atoms with Crippen LogP contribution in [-0.4, -0.2) is 60.1 Å². The van der Waals surface area contributed by atoms with E-state index in [2.05, 4.69) is 10.8 Å². The SMILES string of the molecule is C#CCN1CCN(C(=O)COc2ccccc2CO)CC1. The molecule has 112 valence electrons. The molecule has 0 aliphatic carbocycles. The fourth-order valence-electron chi connectivity index (χ4n) is 2.29. The Morgan fingerprint density at radius 3 is 2.67 bits per heavy atom. The maximum atomic E-state index is 12.1. The molecule has 5 heteroatoms. The van der Waals surface area contributed by atoms with E-state index in [1.54, 1.807) is 17.0 Å². The summed E-state index contributed by atoms with van der Waals surface area (Å²) < 4.78 is 5.52. The fourth-order valence-corrected chi connectivity index (χ4v) is 2.29. The molecule has 1 aliphatic rings. The first-order chi connectivity index (χ1) is 10.2. The van der Waals surface area contributed by atoms with Crippen molar-refractivity contribution in [3.8, 4) is 18.1 Å². The number of amides is 1. The molecular formula is C16H20N2O3. The van der Waals surface area contributed by atoms with Crippen LogP contribution in [0.3, 0.4) is 0 Å². The summed E-state index contributed by atoms with van der Waals surface area (Å²) in [6.07, 6.45) is 5.28. The number of carbonyl (C=O) groups is 1. The quantitative estimate of drug-likeness (QED) is 0.794. The van der Waals surface area contributed by atoms with Gasteiger partial charge in [0.15, 0.2) is 6.61 Å². The standard InChI is InChI=1S/C16H20N2O3/c1-2-7-17-8-10-18(11-9-17)16(20)13-21-15-6-4-3-5-14(15)12-19/h1,3-6,19H,7-13H2. The summed E-state index contributed by atoms with van der Waals surface area (Å²) in [4.78, 5) is 16.0. The van der Waals surface area contributed by atoms with E-state index in [-0.39, 0.29) is 19.1 Å². The van der Waals surface area contributed by atoms with Crippen LogP contribution in [0.5, 0.6) is 5.75 Å². The molecule has 5 nitrogen and oxygen atoms in total. The molecule has 1 fully saturated rings. The van der Waals surface area contributed by atoms with Gasteiger partial charge in [0.2, 0.25) is 0 Å². The lowest BCUT2D eigenvalue weighted by atomic mass is 10.2. The first kappa shape index (κ1) is 15.4. The van der Waals surface area contributed by atoms with E-state index in [1.165, 1.54) is 0 Å². The van der Waals surface area contributed by atoms with Crippen LogP contribution in [0.1, 0.15) is 5.56 Å². The monoisotopic (exact) mass is 288 g/mol. The van der Waals surface area contributed by atoms with Crippen molar-refractivity contribution in [2.24, 2.45) is 0 Å². The molecule has 21 heavy (non-hydrogen) atoms. The van der Waals surface area contributed by atoms with Crippen LogP contribution in [0.2, 0.25) is 0 Å². The minimum Gasteiger partial charge on any atom is -0.483 e. The van der Waals surface area contributed by atoms with Crippen molar-refractivity contribution in [1.29, 1.82) is 0 Å². The third kappa shape index (κ3) is 4.22. The molecular weight excluding hydrogens is 268 g/mol. The average Bonchev–Trinajstić information content (AvgIpc) is 2.54. The number of aliphatic hydroxyl groups excluding tert-OH is 1. The number of nitrogens with zero attached hydrogens (tertiary/aromatic N) is 2. The lowest BCUT2D eigenvalue weighted by Crippen LogP contribution is -2.49. The van der Waals surface area contributed by atoms with E-state index in [0.29, 0.717) is 30.9 Å². The first-order valence-corrected chi connectivity index (χ1v) is 6.99. The molecule has 1 aromatic rings. The lowest BCUT2D eigenvalue weighted by molar-refractivity contribution is -0.135. The lowest BCUT2D eigenvalue weighted by Gasteiger charge is -2.33. The van der Waals surface area contributed by atoms with E-state index in [9.17, 15) is 9.90 Å². The van der Waals surface area contributed by atoms with Crippen molar-refractivity contribution in [2.75, 3.05) is 39.3 Å². The highest BCUT2D eigenvalue weighted by Gasteiger charge is 2.20. The molecule has 1 heterocycles.